The highest BCUT2D eigenvalue weighted by Crippen LogP contribution is 2.28. The number of carbonyl (C=O) groups excluding carboxylic acids is 1. The summed E-state index contributed by atoms with van der Waals surface area (Å²) >= 11 is 0. The number of nitrogens with one attached hydrogen (secondary N) is 1. The molecule has 0 aliphatic heterocycles. The second-order valence-corrected chi connectivity index (χ2v) is 6.62. The third kappa shape index (κ3) is 3.74. The number of ether oxygens (including phenoxy) is 1. The van der Waals surface area contributed by atoms with E-state index in [1.54, 1.807) is 12.1 Å². The lowest BCUT2D eigenvalue weighted by molar-refractivity contribution is -0.118. The second-order valence-electron chi connectivity index (χ2n) is 6.62. The molecule has 0 unspecified atom stereocenters. The lowest BCUT2D eigenvalue weighted by Gasteiger charge is -2.09. The van der Waals surface area contributed by atoms with Gasteiger partial charge in [0.25, 0.3) is 5.91 Å². The topological polar surface area (TPSA) is 64.4 Å². The average Bonchev–Trinajstić information content (AvgIpc) is 3.11. The van der Waals surface area contributed by atoms with Crippen LogP contribution in [-0.4, -0.2) is 17.5 Å². The van der Waals surface area contributed by atoms with Crippen LogP contribution in [0.15, 0.2) is 71.1 Å². The minimum atomic E-state index is -0.231. The number of nitrogens with zero attached hydrogens (tertiary/aromatic N) is 1. The van der Waals surface area contributed by atoms with Crippen LogP contribution in [0.5, 0.6) is 5.75 Å². The van der Waals surface area contributed by atoms with E-state index in [2.05, 4.69) is 10.3 Å². The van der Waals surface area contributed by atoms with E-state index >= 15 is 0 Å². The number of aromatic nitrogens is 1. The Morgan fingerprint density at radius 2 is 1.75 bits per heavy atom. The van der Waals surface area contributed by atoms with Gasteiger partial charge < -0.3 is 14.5 Å². The number of fused-ring (bicyclic) bond motifs is 1. The standard InChI is InChI=1S/C23H20N2O3/c1-15-7-3-5-9-18(15)23-25-19-13-17(11-12-21(19)28-23)24-22(26)14-27-20-10-6-4-8-16(20)2/h3-13H,14H2,1-2H3,(H,24,26). The monoisotopic (exact) mass is 372 g/mol. The van der Waals surface area contributed by atoms with E-state index in [9.17, 15) is 4.79 Å². The predicted molar refractivity (Wildman–Crippen MR) is 109 cm³/mol. The number of rotatable bonds is 5. The van der Waals surface area contributed by atoms with Gasteiger partial charge >= 0.3 is 0 Å². The summed E-state index contributed by atoms with van der Waals surface area (Å²) in [6, 6.07) is 20.9. The van der Waals surface area contributed by atoms with Crippen LogP contribution in [0.1, 0.15) is 11.1 Å². The zero-order valence-corrected chi connectivity index (χ0v) is 15.7. The molecule has 28 heavy (non-hydrogen) atoms. The van der Waals surface area contributed by atoms with Crippen LogP contribution in [0.2, 0.25) is 0 Å². The number of hydrogen-bond acceptors (Lipinski definition) is 4. The van der Waals surface area contributed by atoms with Crippen molar-refractivity contribution in [1.29, 1.82) is 0 Å². The predicted octanol–water partition coefficient (Wildman–Crippen LogP) is 5.13. The number of para-hydroxylation sites is 1. The highest BCUT2D eigenvalue weighted by Gasteiger charge is 2.12. The van der Waals surface area contributed by atoms with Gasteiger partial charge in [0.1, 0.15) is 11.3 Å². The maximum atomic E-state index is 12.2. The van der Waals surface area contributed by atoms with E-state index in [0.29, 0.717) is 28.4 Å². The number of aryl methyl sites for hydroxylation is 2. The maximum absolute atomic E-state index is 12.2. The molecule has 0 spiro atoms. The first kappa shape index (κ1) is 17.8. The van der Waals surface area contributed by atoms with Crippen LogP contribution in [0.4, 0.5) is 5.69 Å². The number of oxazole rings is 1. The van der Waals surface area contributed by atoms with Crippen LogP contribution in [-0.2, 0) is 4.79 Å². The molecule has 3 aromatic carbocycles. The Labute approximate surface area is 163 Å². The Morgan fingerprint density at radius 1 is 1.00 bits per heavy atom. The van der Waals surface area contributed by atoms with Crippen LogP contribution in [0, 0.1) is 13.8 Å². The third-order valence-corrected chi connectivity index (χ3v) is 4.50. The van der Waals surface area contributed by atoms with Gasteiger partial charge in [-0.25, -0.2) is 4.98 Å². The highest BCUT2D eigenvalue weighted by atomic mass is 16.5. The quantitative estimate of drug-likeness (QED) is 0.527. The van der Waals surface area contributed by atoms with Crippen molar-refractivity contribution in [3.8, 4) is 17.2 Å². The molecule has 0 atom stereocenters. The molecule has 1 amide bonds. The summed E-state index contributed by atoms with van der Waals surface area (Å²) in [5.41, 5.74) is 5.05. The van der Waals surface area contributed by atoms with Gasteiger partial charge in [0.15, 0.2) is 12.2 Å². The number of amides is 1. The van der Waals surface area contributed by atoms with Gasteiger partial charge in [0, 0.05) is 11.3 Å². The molecule has 0 aliphatic carbocycles. The molecular formula is C23H20N2O3. The summed E-state index contributed by atoms with van der Waals surface area (Å²) in [4.78, 5) is 16.8. The number of carbonyl (C=O) groups is 1. The van der Waals surface area contributed by atoms with Crippen molar-refractivity contribution in [2.75, 3.05) is 11.9 Å². The lowest BCUT2D eigenvalue weighted by Crippen LogP contribution is -2.20. The van der Waals surface area contributed by atoms with Crippen molar-refractivity contribution in [2.45, 2.75) is 13.8 Å². The molecule has 5 nitrogen and oxygen atoms in total. The molecule has 0 fully saturated rings. The zero-order valence-electron chi connectivity index (χ0n) is 15.7. The third-order valence-electron chi connectivity index (χ3n) is 4.50. The largest absolute Gasteiger partial charge is 0.483 e. The van der Waals surface area contributed by atoms with Gasteiger partial charge in [-0.1, -0.05) is 36.4 Å². The normalized spacial score (nSPS) is 10.8. The van der Waals surface area contributed by atoms with Gasteiger partial charge in [-0.15, -0.1) is 0 Å². The van der Waals surface area contributed by atoms with E-state index in [1.807, 2.05) is 68.4 Å². The summed E-state index contributed by atoms with van der Waals surface area (Å²) in [7, 11) is 0. The van der Waals surface area contributed by atoms with Gasteiger partial charge in [-0.2, -0.15) is 0 Å². The van der Waals surface area contributed by atoms with E-state index in [-0.39, 0.29) is 12.5 Å². The van der Waals surface area contributed by atoms with E-state index in [1.165, 1.54) is 0 Å². The minimum Gasteiger partial charge on any atom is -0.483 e. The van der Waals surface area contributed by atoms with Gasteiger partial charge in [0.05, 0.1) is 0 Å². The van der Waals surface area contributed by atoms with Gasteiger partial charge in [-0.3, -0.25) is 4.79 Å². The number of anilines is 1. The van der Waals surface area contributed by atoms with Crippen molar-refractivity contribution < 1.29 is 13.9 Å². The van der Waals surface area contributed by atoms with Crippen LogP contribution < -0.4 is 10.1 Å². The number of hydrogen-bond donors (Lipinski definition) is 1. The average molecular weight is 372 g/mol. The Morgan fingerprint density at radius 3 is 2.54 bits per heavy atom. The van der Waals surface area contributed by atoms with Crippen molar-refractivity contribution >= 4 is 22.7 Å². The first-order valence-corrected chi connectivity index (χ1v) is 9.05. The first-order valence-electron chi connectivity index (χ1n) is 9.05. The molecule has 140 valence electrons. The Kier molecular flexibility index (Phi) is 4.81. The summed E-state index contributed by atoms with van der Waals surface area (Å²) < 4.78 is 11.5. The van der Waals surface area contributed by atoms with Crippen LogP contribution in [0.25, 0.3) is 22.6 Å². The Bertz CT molecular complexity index is 1150. The Hall–Kier alpha value is -3.60. The van der Waals surface area contributed by atoms with Crippen LogP contribution in [0.3, 0.4) is 0 Å². The fourth-order valence-corrected chi connectivity index (χ4v) is 2.99. The summed E-state index contributed by atoms with van der Waals surface area (Å²) in [5, 5.41) is 2.84. The fourth-order valence-electron chi connectivity index (χ4n) is 2.99. The lowest BCUT2D eigenvalue weighted by atomic mass is 10.1. The molecule has 1 N–H and O–H groups in total. The summed E-state index contributed by atoms with van der Waals surface area (Å²) in [6.45, 7) is 3.90. The SMILES string of the molecule is Cc1ccccc1OCC(=O)Nc1ccc2oc(-c3ccccc3C)nc2c1. The van der Waals surface area contributed by atoms with E-state index < -0.39 is 0 Å². The van der Waals surface area contributed by atoms with Crippen LogP contribution >= 0.6 is 0 Å². The molecule has 0 bridgehead atoms. The summed E-state index contributed by atoms with van der Waals surface area (Å²) in [6.07, 6.45) is 0. The molecule has 0 saturated heterocycles. The molecule has 5 heteroatoms. The van der Waals surface area contributed by atoms with Crippen molar-refractivity contribution in [1.82, 2.24) is 4.98 Å². The second kappa shape index (κ2) is 7.56. The summed E-state index contributed by atoms with van der Waals surface area (Å²) in [5.74, 6) is 1.04. The first-order chi connectivity index (χ1) is 13.6. The molecule has 0 aliphatic rings. The smallest absolute Gasteiger partial charge is 0.262 e. The maximum Gasteiger partial charge on any atom is 0.262 e. The van der Waals surface area contributed by atoms with E-state index in [0.717, 1.165) is 16.7 Å². The van der Waals surface area contributed by atoms with Crippen molar-refractivity contribution in [3.05, 3.63) is 77.9 Å². The van der Waals surface area contributed by atoms with E-state index in [4.69, 9.17) is 9.15 Å². The molecular weight excluding hydrogens is 352 g/mol. The molecule has 4 rings (SSSR count). The molecule has 1 aromatic heterocycles. The Balaban J connectivity index is 1.48. The molecule has 0 radical (unpaired) electrons. The van der Waals surface area contributed by atoms with Crippen molar-refractivity contribution in [3.63, 3.8) is 0 Å². The minimum absolute atomic E-state index is 0.0594. The molecule has 1 heterocycles. The van der Waals surface area contributed by atoms with Gasteiger partial charge in [0.2, 0.25) is 5.89 Å². The number of benzene rings is 3. The fraction of sp³-hybridized carbons (Fsp3) is 0.130. The molecule has 4 aromatic rings. The molecule has 0 saturated carbocycles. The van der Waals surface area contributed by atoms with Crippen molar-refractivity contribution in [2.24, 2.45) is 0 Å². The highest BCUT2D eigenvalue weighted by molar-refractivity contribution is 5.94. The van der Waals surface area contributed by atoms with Gasteiger partial charge in [-0.05, 0) is 55.3 Å². The zero-order chi connectivity index (χ0) is 19.5.